The molecular formula is C15H20N4O3. The van der Waals surface area contributed by atoms with E-state index in [1.54, 1.807) is 18.6 Å². The van der Waals surface area contributed by atoms with E-state index in [2.05, 4.69) is 27.7 Å². The summed E-state index contributed by atoms with van der Waals surface area (Å²) in [5, 5.41) is 10.3. The average molecular weight is 304 g/mol. The molecule has 3 rings (SSSR count). The van der Waals surface area contributed by atoms with Gasteiger partial charge < -0.3 is 19.6 Å². The van der Waals surface area contributed by atoms with E-state index in [1.807, 2.05) is 0 Å². The van der Waals surface area contributed by atoms with Crippen molar-refractivity contribution in [3.05, 3.63) is 24.5 Å². The van der Waals surface area contributed by atoms with Crippen LogP contribution in [-0.2, 0) is 11.2 Å². The maximum absolute atomic E-state index is 12.0. The Labute approximate surface area is 128 Å². The number of amides is 1. The van der Waals surface area contributed by atoms with Crippen molar-refractivity contribution < 1.29 is 13.7 Å². The molecule has 22 heavy (non-hydrogen) atoms. The van der Waals surface area contributed by atoms with Crippen molar-refractivity contribution >= 4 is 5.91 Å². The van der Waals surface area contributed by atoms with Crippen LogP contribution >= 0.6 is 0 Å². The van der Waals surface area contributed by atoms with Crippen molar-refractivity contribution in [2.45, 2.75) is 44.7 Å². The van der Waals surface area contributed by atoms with Crippen LogP contribution in [0.1, 0.15) is 32.1 Å². The van der Waals surface area contributed by atoms with E-state index < -0.39 is 0 Å². The zero-order chi connectivity index (χ0) is 15.4. The van der Waals surface area contributed by atoms with Gasteiger partial charge in [0, 0.05) is 24.9 Å². The fourth-order valence-electron chi connectivity index (χ4n) is 2.65. The van der Waals surface area contributed by atoms with Crippen molar-refractivity contribution in [3.8, 4) is 11.4 Å². The molecule has 0 spiro atoms. The van der Waals surface area contributed by atoms with E-state index in [0.29, 0.717) is 30.6 Å². The van der Waals surface area contributed by atoms with Gasteiger partial charge in [-0.25, -0.2) is 0 Å². The van der Waals surface area contributed by atoms with Gasteiger partial charge in [-0.05, 0) is 32.4 Å². The van der Waals surface area contributed by atoms with Gasteiger partial charge in [-0.1, -0.05) is 5.16 Å². The lowest BCUT2D eigenvalue weighted by atomic mass is 10.0. The lowest BCUT2D eigenvalue weighted by Crippen LogP contribution is -2.46. The lowest BCUT2D eigenvalue weighted by molar-refractivity contribution is -0.122. The summed E-state index contributed by atoms with van der Waals surface area (Å²) in [7, 11) is 0. The highest BCUT2D eigenvalue weighted by atomic mass is 16.5. The molecule has 2 unspecified atom stereocenters. The average Bonchev–Trinajstić information content (AvgIpc) is 3.16. The first-order valence-electron chi connectivity index (χ1n) is 7.58. The molecule has 1 aliphatic heterocycles. The first-order valence-corrected chi connectivity index (χ1v) is 7.58. The molecule has 7 nitrogen and oxygen atoms in total. The number of hydrogen-bond acceptors (Lipinski definition) is 6. The Morgan fingerprint density at radius 1 is 1.55 bits per heavy atom. The molecule has 1 saturated heterocycles. The van der Waals surface area contributed by atoms with Gasteiger partial charge in [-0.15, -0.1) is 0 Å². The van der Waals surface area contributed by atoms with Crippen molar-refractivity contribution in [1.29, 1.82) is 0 Å². The fourth-order valence-corrected chi connectivity index (χ4v) is 2.65. The van der Waals surface area contributed by atoms with Crippen LogP contribution in [0.4, 0.5) is 0 Å². The number of carbonyl (C=O) groups excluding carboxylic acids is 1. The summed E-state index contributed by atoms with van der Waals surface area (Å²) in [6, 6.07) is 2.47. The Hall–Kier alpha value is -2.15. The van der Waals surface area contributed by atoms with Crippen LogP contribution in [0.5, 0.6) is 0 Å². The molecule has 0 aliphatic carbocycles. The number of nitrogens with one attached hydrogen (secondary N) is 2. The highest BCUT2D eigenvalue weighted by Crippen LogP contribution is 2.16. The van der Waals surface area contributed by atoms with Gasteiger partial charge in [0.15, 0.2) is 0 Å². The second-order valence-electron chi connectivity index (χ2n) is 5.67. The molecule has 1 amide bonds. The molecule has 0 bridgehead atoms. The summed E-state index contributed by atoms with van der Waals surface area (Å²) < 4.78 is 10.1. The molecule has 0 radical (unpaired) electrons. The van der Waals surface area contributed by atoms with Crippen LogP contribution < -0.4 is 10.6 Å². The number of carbonyl (C=O) groups is 1. The van der Waals surface area contributed by atoms with Crippen LogP contribution in [0.3, 0.4) is 0 Å². The Kier molecular flexibility index (Phi) is 4.53. The Balaban J connectivity index is 1.47. The minimum atomic E-state index is 0.0298. The Bertz CT molecular complexity index is 608. The van der Waals surface area contributed by atoms with Crippen LogP contribution in [-0.4, -0.2) is 34.7 Å². The number of rotatable bonds is 5. The minimum Gasteiger partial charge on any atom is -0.472 e. The molecule has 7 heteroatoms. The zero-order valence-electron chi connectivity index (χ0n) is 12.5. The van der Waals surface area contributed by atoms with E-state index >= 15 is 0 Å². The van der Waals surface area contributed by atoms with E-state index in [9.17, 15) is 4.79 Å². The maximum atomic E-state index is 12.0. The largest absolute Gasteiger partial charge is 0.472 e. The van der Waals surface area contributed by atoms with E-state index in [1.165, 1.54) is 0 Å². The summed E-state index contributed by atoms with van der Waals surface area (Å²) in [6.45, 7) is 3.08. The molecule has 118 valence electrons. The molecule has 2 aromatic rings. The number of piperidine rings is 1. The standard InChI is InChI=1S/C15H20N4O3/c1-10-8-12(4-6-16-10)17-13(20)2-3-14-18-15(19-22-14)11-5-7-21-9-11/h5,7,9-10,12,16H,2-4,6,8H2,1H3,(H,17,20). The topological polar surface area (TPSA) is 93.2 Å². The molecule has 2 aromatic heterocycles. The summed E-state index contributed by atoms with van der Waals surface area (Å²) in [6.07, 6.45) is 5.85. The molecule has 1 fully saturated rings. The minimum absolute atomic E-state index is 0.0298. The normalized spacial score (nSPS) is 21.7. The molecule has 0 saturated carbocycles. The van der Waals surface area contributed by atoms with Gasteiger partial charge in [0.1, 0.15) is 6.26 Å². The van der Waals surface area contributed by atoms with Crippen LogP contribution in [0.2, 0.25) is 0 Å². The maximum Gasteiger partial charge on any atom is 0.227 e. The summed E-state index contributed by atoms with van der Waals surface area (Å²) in [5.74, 6) is 0.975. The van der Waals surface area contributed by atoms with Gasteiger partial charge in [0.25, 0.3) is 0 Å². The Morgan fingerprint density at radius 2 is 2.45 bits per heavy atom. The van der Waals surface area contributed by atoms with E-state index in [-0.39, 0.29) is 11.9 Å². The zero-order valence-corrected chi connectivity index (χ0v) is 12.5. The Morgan fingerprint density at radius 3 is 3.23 bits per heavy atom. The summed E-state index contributed by atoms with van der Waals surface area (Å²) >= 11 is 0. The molecule has 1 aliphatic rings. The van der Waals surface area contributed by atoms with Crippen molar-refractivity contribution in [1.82, 2.24) is 20.8 Å². The number of nitrogens with zero attached hydrogens (tertiary/aromatic N) is 2. The SMILES string of the molecule is CC1CC(NC(=O)CCc2nc(-c3ccoc3)no2)CCN1. The quantitative estimate of drug-likeness (QED) is 0.870. The molecule has 2 atom stereocenters. The van der Waals surface area contributed by atoms with Crippen LogP contribution in [0.25, 0.3) is 11.4 Å². The third-order valence-electron chi connectivity index (χ3n) is 3.80. The third kappa shape index (κ3) is 3.73. The van der Waals surface area contributed by atoms with Crippen LogP contribution in [0.15, 0.2) is 27.5 Å². The predicted octanol–water partition coefficient (Wildman–Crippen LogP) is 1.52. The van der Waals surface area contributed by atoms with Gasteiger partial charge in [-0.2, -0.15) is 4.98 Å². The number of furan rings is 1. The monoisotopic (exact) mass is 304 g/mol. The lowest BCUT2D eigenvalue weighted by Gasteiger charge is -2.28. The fraction of sp³-hybridized carbons (Fsp3) is 0.533. The van der Waals surface area contributed by atoms with Crippen molar-refractivity contribution in [3.63, 3.8) is 0 Å². The second-order valence-corrected chi connectivity index (χ2v) is 5.67. The third-order valence-corrected chi connectivity index (χ3v) is 3.80. The highest BCUT2D eigenvalue weighted by molar-refractivity contribution is 5.76. The highest BCUT2D eigenvalue weighted by Gasteiger charge is 2.20. The number of hydrogen-bond donors (Lipinski definition) is 2. The molecular weight excluding hydrogens is 284 g/mol. The molecule has 0 aromatic carbocycles. The molecule has 3 heterocycles. The molecule has 2 N–H and O–H groups in total. The first-order chi connectivity index (χ1) is 10.7. The smallest absolute Gasteiger partial charge is 0.227 e. The summed E-state index contributed by atoms with van der Waals surface area (Å²) in [5.41, 5.74) is 0.767. The van der Waals surface area contributed by atoms with Crippen molar-refractivity contribution in [2.24, 2.45) is 0 Å². The number of aromatic nitrogens is 2. The van der Waals surface area contributed by atoms with Crippen molar-refractivity contribution in [2.75, 3.05) is 6.54 Å². The first kappa shape index (κ1) is 14.8. The van der Waals surface area contributed by atoms with Gasteiger partial charge in [0.2, 0.25) is 17.6 Å². The van der Waals surface area contributed by atoms with Gasteiger partial charge in [0.05, 0.1) is 11.8 Å². The second kappa shape index (κ2) is 6.74. The van der Waals surface area contributed by atoms with Crippen LogP contribution in [0, 0.1) is 0 Å². The van der Waals surface area contributed by atoms with E-state index in [4.69, 9.17) is 8.94 Å². The van der Waals surface area contributed by atoms with Gasteiger partial charge >= 0.3 is 0 Å². The van der Waals surface area contributed by atoms with E-state index in [0.717, 1.165) is 24.9 Å². The van der Waals surface area contributed by atoms with Gasteiger partial charge in [-0.3, -0.25) is 4.79 Å². The predicted molar refractivity (Wildman–Crippen MR) is 79.0 cm³/mol. The number of aryl methyl sites for hydroxylation is 1. The summed E-state index contributed by atoms with van der Waals surface area (Å²) in [4.78, 5) is 16.2.